The van der Waals surface area contributed by atoms with Crippen molar-refractivity contribution in [2.24, 2.45) is 0 Å². The van der Waals surface area contributed by atoms with E-state index >= 15 is 0 Å². The average Bonchev–Trinajstić information content (AvgIpc) is 2.81. The fourth-order valence-corrected chi connectivity index (χ4v) is 3.76. The second-order valence-electron chi connectivity index (χ2n) is 7.64. The van der Waals surface area contributed by atoms with Crippen LogP contribution in [0, 0.1) is 0 Å². The van der Waals surface area contributed by atoms with Crippen molar-refractivity contribution >= 4 is 0 Å². The summed E-state index contributed by atoms with van der Waals surface area (Å²) >= 11 is 0. The van der Waals surface area contributed by atoms with Crippen LogP contribution in [-0.2, 0) is 4.74 Å². The standard InChI is InChI=1S/C12H23NO.C7H16N2.3C2H6/c1-13-9-7-12(8-10-13)14-11-5-3-2-4-6-11;1-3-9-6-4-8(2)5-7-9;3*1-2/h11-12H,2-10H2,1H3;3-7H2,1-2H3;3*1-2H3. The molecule has 0 aromatic carbocycles. The van der Waals surface area contributed by atoms with Gasteiger partial charge in [0.15, 0.2) is 0 Å². The molecule has 2 heterocycles. The van der Waals surface area contributed by atoms with E-state index in [2.05, 4.69) is 35.7 Å². The number of nitrogens with zero attached hydrogens (tertiary/aromatic N) is 3. The van der Waals surface area contributed by atoms with Gasteiger partial charge < -0.3 is 19.4 Å². The average molecular weight is 416 g/mol. The van der Waals surface area contributed by atoms with Crippen LogP contribution in [0.15, 0.2) is 0 Å². The smallest absolute Gasteiger partial charge is 0.0603 e. The number of likely N-dealkylation sites (tertiary alicyclic amines) is 1. The van der Waals surface area contributed by atoms with E-state index in [0.717, 1.165) is 0 Å². The van der Waals surface area contributed by atoms with Crippen molar-refractivity contribution < 1.29 is 4.74 Å². The monoisotopic (exact) mass is 415 g/mol. The summed E-state index contributed by atoms with van der Waals surface area (Å²) in [6.45, 7) is 22.9. The Hall–Kier alpha value is -0.160. The minimum absolute atomic E-state index is 0.564. The highest BCUT2D eigenvalue weighted by Crippen LogP contribution is 2.24. The predicted molar refractivity (Wildman–Crippen MR) is 132 cm³/mol. The predicted octanol–water partition coefficient (Wildman–Crippen LogP) is 5.76. The van der Waals surface area contributed by atoms with Crippen LogP contribution in [0.3, 0.4) is 0 Å². The number of piperidine rings is 1. The zero-order chi connectivity index (χ0) is 22.5. The summed E-state index contributed by atoms with van der Waals surface area (Å²) in [5.74, 6) is 0. The van der Waals surface area contributed by atoms with Gasteiger partial charge in [-0.05, 0) is 46.3 Å². The molecule has 0 amide bonds. The lowest BCUT2D eigenvalue weighted by molar-refractivity contribution is -0.0532. The van der Waals surface area contributed by atoms with E-state index in [-0.39, 0.29) is 0 Å². The molecule has 178 valence electrons. The van der Waals surface area contributed by atoms with E-state index in [0.29, 0.717) is 12.2 Å². The van der Waals surface area contributed by atoms with Gasteiger partial charge in [0.1, 0.15) is 0 Å². The van der Waals surface area contributed by atoms with Gasteiger partial charge in [0.05, 0.1) is 12.2 Å². The van der Waals surface area contributed by atoms with Crippen molar-refractivity contribution in [2.45, 2.75) is 106 Å². The van der Waals surface area contributed by atoms with Crippen LogP contribution in [0.25, 0.3) is 0 Å². The molecule has 4 nitrogen and oxygen atoms in total. The molecule has 0 unspecified atom stereocenters. The lowest BCUT2D eigenvalue weighted by atomic mass is 9.97. The molecule has 1 aliphatic carbocycles. The van der Waals surface area contributed by atoms with Gasteiger partial charge in [0, 0.05) is 39.3 Å². The molecule has 0 aromatic heterocycles. The van der Waals surface area contributed by atoms with Gasteiger partial charge >= 0.3 is 0 Å². The second-order valence-corrected chi connectivity index (χ2v) is 7.64. The molecule has 1 saturated carbocycles. The fraction of sp³-hybridized carbons (Fsp3) is 1.00. The van der Waals surface area contributed by atoms with E-state index in [1.54, 1.807) is 0 Å². The lowest BCUT2D eigenvalue weighted by Crippen LogP contribution is -2.44. The van der Waals surface area contributed by atoms with Crippen LogP contribution < -0.4 is 0 Å². The summed E-state index contributed by atoms with van der Waals surface area (Å²) in [5, 5.41) is 0. The maximum absolute atomic E-state index is 6.15. The van der Waals surface area contributed by atoms with Crippen LogP contribution in [0.2, 0.25) is 0 Å². The molecule has 3 fully saturated rings. The normalized spacial score (nSPS) is 21.8. The Morgan fingerprint density at radius 2 is 1.00 bits per heavy atom. The SMILES string of the molecule is CC.CC.CC.CCN1CCN(C)CC1.CN1CCC(OC2CCCCC2)CC1. The Kier molecular flexibility index (Phi) is 24.1. The van der Waals surface area contributed by atoms with Gasteiger partial charge in [-0.25, -0.2) is 0 Å². The van der Waals surface area contributed by atoms with E-state index in [1.165, 1.54) is 90.8 Å². The Balaban J connectivity index is 0. The first-order chi connectivity index (χ1) is 14.2. The molecule has 0 aromatic rings. The molecule has 0 bridgehead atoms. The van der Waals surface area contributed by atoms with Crippen molar-refractivity contribution in [3.05, 3.63) is 0 Å². The summed E-state index contributed by atoms with van der Waals surface area (Å²) in [4.78, 5) is 7.27. The molecule has 0 N–H and O–H groups in total. The molecule has 3 rings (SSSR count). The van der Waals surface area contributed by atoms with E-state index in [1.807, 2.05) is 41.5 Å². The van der Waals surface area contributed by atoms with Gasteiger partial charge in [0.2, 0.25) is 0 Å². The maximum atomic E-state index is 6.15. The topological polar surface area (TPSA) is 19.0 Å². The van der Waals surface area contributed by atoms with Crippen molar-refractivity contribution in [3.8, 4) is 0 Å². The molecular formula is C25H57N3O. The summed E-state index contributed by atoms with van der Waals surface area (Å²) in [7, 11) is 4.39. The van der Waals surface area contributed by atoms with Crippen molar-refractivity contribution in [2.75, 3.05) is 59.9 Å². The number of likely N-dealkylation sites (N-methyl/N-ethyl adjacent to an activating group) is 2. The molecule has 3 aliphatic rings. The molecule has 29 heavy (non-hydrogen) atoms. The first kappa shape index (κ1) is 31.0. The van der Waals surface area contributed by atoms with Gasteiger partial charge in [0.25, 0.3) is 0 Å². The van der Waals surface area contributed by atoms with E-state index in [9.17, 15) is 0 Å². The minimum Gasteiger partial charge on any atom is -0.375 e. The van der Waals surface area contributed by atoms with Gasteiger partial charge in [-0.15, -0.1) is 0 Å². The zero-order valence-corrected chi connectivity index (χ0v) is 21.8. The molecule has 0 radical (unpaired) electrons. The number of hydrogen-bond acceptors (Lipinski definition) is 4. The summed E-state index contributed by atoms with van der Waals surface area (Å²) in [6.07, 6.45) is 10.5. The van der Waals surface area contributed by atoms with Crippen LogP contribution >= 0.6 is 0 Å². The molecular weight excluding hydrogens is 358 g/mol. The van der Waals surface area contributed by atoms with Crippen LogP contribution in [0.1, 0.15) is 93.4 Å². The summed E-state index contributed by atoms with van der Waals surface area (Å²) < 4.78 is 6.15. The summed E-state index contributed by atoms with van der Waals surface area (Å²) in [5.41, 5.74) is 0. The number of hydrogen-bond donors (Lipinski definition) is 0. The number of rotatable bonds is 3. The molecule has 0 spiro atoms. The second kappa shape index (κ2) is 22.5. The largest absolute Gasteiger partial charge is 0.375 e. The van der Waals surface area contributed by atoms with E-state index < -0.39 is 0 Å². The minimum atomic E-state index is 0.564. The molecule has 0 atom stereocenters. The fourth-order valence-electron chi connectivity index (χ4n) is 3.76. The zero-order valence-electron chi connectivity index (χ0n) is 21.8. The lowest BCUT2D eigenvalue weighted by Gasteiger charge is -2.33. The Morgan fingerprint density at radius 3 is 1.45 bits per heavy atom. The third-order valence-corrected chi connectivity index (χ3v) is 5.65. The number of ether oxygens (including phenoxy) is 1. The highest BCUT2D eigenvalue weighted by Gasteiger charge is 2.22. The maximum Gasteiger partial charge on any atom is 0.0603 e. The Morgan fingerprint density at radius 1 is 0.586 bits per heavy atom. The van der Waals surface area contributed by atoms with Crippen LogP contribution in [-0.4, -0.2) is 86.8 Å². The van der Waals surface area contributed by atoms with Crippen molar-refractivity contribution in [3.63, 3.8) is 0 Å². The van der Waals surface area contributed by atoms with Crippen LogP contribution in [0.4, 0.5) is 0 Å². The van der Waals surface area contributed by atoms with Crippen molar-refractivity contribution in [1.29, 1.82) is 0 Å². The molecule has 2 saturated heterocycles. The highest BCUT2D eigenvalue weighted by molar-refractivity contribution is 4.73. The highest BCUT2D eigenvalue weighted by atomic mass is 16.5. The first-order valence-corrected chi connectivity index (χ1v) is 12.9. The van der Waals surface area contributed by atoms with Gasteiger partial charge in [-0.3, -0.25) is 0 Å². The van der Waals surface area contributed by atoms with Crippen LogP contribution in [0.5, 0.6) is 0 Å². The Bertz CT molecular complexity index is 292. The third kappa shape index (κ3) is 16.2. The molecule has 2 aliphatic heterocycles. The Labute approximate surface area is 185 Å². The number of piperazine rings is 1. The van der Waals surface area contributed by atoms with E-state index in [4.69, 9.17) is 4.74 Å². The van der Waals surface area contributed by atoms with Gasteiger partial charge in [-0.2, -0.15) is 0 Å². The molecule has 4 heteroatoms. The third-order valence-electron chi connectivity index (χ3n) is 5.65. The van der Waals surface area contributed by atoms with Crippen molar-refractivity contribution in [1.82, 2.24) is 14.7 Å². The summed E-state index contributed by atoms with van der Waals surface area (Å²) in [6, 6.07) is 0. The quantitative estimate of drug-likeness (QED) is 0.583. The first-order valence-electron chi connectivity index (χ1n) is 12.9. The van der Waals surface area contributed by atoms with Gasteiger partial charge in [-0.1, -0.05) is 67.7 Å².